The number of aryl methyl sites for hydroxylation is 1. The number of halogens is 1. The number of carbonyl (C=O) groups excluding carboxylic acids is 2. The zero-order valence-corrected chi connectivity index (χ0v) is 21.4. The molecule has 1 aliphatic carbocycles. The molecule has 1 saturated carbocycles. The molecule has 5 atom stereocenters. The van der Waals surface area contributed by atoms with Gasteiger partial charge in [-0.1, -0.05) is 42.0 Å². The van der Waals surface area contributed by atoms with Crippen LogP contribution in [0.2, 0.25) is 0 Å². The molecule has 1 heterocycles. The van der Waals surface area contributed by atoms with E-state index in [1.54, 1.807) is 17.0 Å². The summed E-state index contributed by atoms with van der Waals surface area (Å²) in [6, 6.07) is 11.9. The van der Waals surface area contributed by atoms with E-state index in [0.29, 0.717) is 42.6 Å². The number of amides is 2. The molecule has 2 amide bonds. The zero-order valence-electron chi connectivity index (χ0n) is 21.4. The maximum atomic E-state index is 15.3. The molecule has 200 valence electrons. The van der Waals surface area contributed by atoms with Gasteiger partial charge in [-0.05, 0) is 43.9 Å². The van der Waals surface area contributed by atoms with Crippen LogP contribution in [0.5, 0.6) is 0 Å². The van der Waals surface area contributed by atoms with Crippen molar-refractivity contribution < 1.29 is 28.6 Å². The molecule has 5 unspecified atom stereocenters. The van der Waals surface area contributed by atoms with Gasteiger partial charge in [-0.2, -0.15) is 0 Å². The van der Waals surface area contributed by atoms with Gasteiger partial charge < -0.3 is 30.5 Å². The molecule has 2 aromatic rings. The highest BCUT2D eigenvalue weighted by Crippen LogP contribution is 2.37. The van der Waals surface area contributed by atoms with Crippen molar-refractivity contribution in [3.63, 3.8) is 0 Å². The van der Waals surface area contributed by atoms with E-state index in [9.17, 15) is 14.7 Å². The number of morpholine rings is 1. The summed E-state index contributed by atoms with van der Waals surface area (Å²) in [5.41, 5.74) is 8.54. The Morgan fingerprint density at radius 1 is 1.27 bits per heavy atom. The maximum absolute atomic E-state index is 15.3. The Kier molecular flexibility index (Phi) is 8.91. The number of aliphatic hydroxyl groups excluding tert-OH is 1. The van der Waals surface area contributed by atoms with Crippen LogP contribution in [0.25, 0.3) is 11.1 Å². The van der Waals surface area contributed by atoms with Crippen molar-refractivity contribution >= 4 is 11.8 Å². The number of nitrogens with zero attached hydrogens (tertiary/aromatic N) is 1. The Morgan fingerprint density at radius 3 is 2.76 bits per heavy atom. The number of aliphatic hydroxyl groups is 1. The number of benzene rings is 2. The Labute approximate surface area is 216 Å². The minimum absolute atomic E-state index is 0.0825. The fourth-order valence-electron chi connectivity index (χ4n) is 5.26. The maximum Gasteiger partial charge on any atom is 0.246 e. The lowest BCUT2D eigenvalue weighted by Crippen LogP contribution is -2.50. The van der Waals surface area contributed by atoms with Crippen molar-refractivity contribution in [2.24, 2.45) is 11.7 Å². The summed E-state index contributed by atoms with van der Waals surface area (Å²) >= 11 is 0. The highest BCUT2D eigenvalue weighted by Gasteiger charge is 2.40. The average Bonchev–Trinajstić information content (AvgIpc) is 3.22. The van der Waals surface area contributed by atoms with Crippen LogP contribution in [0.4, 0.5) is 4.39 Å². The molecule has 4 N–H and O–H groups in total. The minimum Gasteiger partial charge on any atom is -0.391 e. The van der Waals surface area contributed by atoms with Crippen molar-refractivity contribution in [3.8, 4) is 11.1 Å². The summed E-state index contributed by atoms with van der Waals surface area (Å²) in [4.78, 5) is 27.3. The summed E-state index contributed by atoms with van der Waals surface area (Å²) in [6.45, 7) is 4.86. The smallest absolute Gasteiger partial charge is 0.246 e. The number of nitrogens with one attached hydrogen (secondary N) is 1. The van der Waals surface area contributed by atoms with E-state index in [2.05, 4.69) is 5.32 Å². The minimum atomic E-state index is -0.805. The quantitative estimate of drug-likeness (QED) is 0.499. The second-order valence-corrected chi connectivity index (χ2v) is 9.85. The predicted octanol–water partition coefficient (Wildman–Crippen LogP) is 2.32. The lowest BCUT2D eigenvalue weighted by molar-refractivity contribution is -0.155. The molecule has 2 aliphatic rings. The van der Waals surface area contributed by atoms with Gasteiger partial charge in [0.2, 0.25) is 11.8 Å². The van der Waals surface area contributed by atoms with Crippen LogP contribution in [0.3, 0.4) is 0 Å². The first-order chi connectivity index (χ1) is 17.8. The number of nitrogens with two attached hydrogens (primary N) is 1. The van der Waals surface area contributed by atoms with Gasteiger partial charge in [-0.3, -0.25) is 9.59 Å². The second-order valence-electron chi connectivity index (χ2n) is 9.85. The van der Waals surface area contributed by atoms with Gasteiger partial charge in [0.15, 0.2) is 0 Å². The molecule has 0 spiro atoms. The Bertz CT molecular complexity index is 1100. The van der Waals surface area contributed by atoms with Crippen molar-refractivity contribution in [1.82, 2.24) is 10.2 Å². The standard InChI is InChI=1S/C28H36FN3O5/c1-3-31-25(34)16-37-27(20-8-5-9-21(29)26(20)18-7-4-6-17(2)12-18)24-15-32(10-11-36-24)28(35)19-13-22(30)23(33)14-19/h4-9,12,19,22-24,27,33H,3,10-11,13-16,30H2,1-2H3,(H,31,34). The average molecular weight is 514 g/mol. The first kappa shape index (κ1) is 27.2. The van der Waals surface area contributed by atoms with E-state index >= 15 is 4.39 Å². The molecule has 2 aromatic carbocycles. The largest absolute Gasteiger partial charge is 0.391 e. The molecule has 0 aromatic heterocycles. The van der Waals surface area contributed by atoms with E-state index < -0.39 is 30.2 Å². The number of likely N-dealkylation sites (N-methyl/N-ethyl adjacent to an activating group) is 1. The second kappa shape index (κ2) is 12.1. The number of rotatable bonds is 8. The number of carbonyl (C=O) groups is 2. The fourth-order valence-corrected chi connectivity index (χ4v) is 5.26. The molecule has 9 heteroatoms. The van der Waals surface area contributed by atoms with Gasteiger partial charge in [0, 0.05) is 37.2 Å². The van der Waals surface area contributed by atoms with Crippen molar-refractivity contribution in [2.45, 2.75) is 51.0 Å². The van der Waals surface area contributed by atoms with Crippen LogP contribution in [0.1, 0.15) is 37.0 Å². The summed E-state index contributed by atoms with van der Waals surface area (Å²) in [7, 11) is 0. The summed E-state index contributed by atoms with van der Waals surface area (Å²) in [5.74, 6) is -1.14. The van der Waals surface area contributed by atoms with Gasteiger partial charge in [-0.15, -0.1) is 0 Å². The van der Waals surface area contributed by atoms with Crippen molar-refractivity contribution in [2.75, 3.05) is 32.8 Å². The van der Waals surface area contributed by atoms with E-state index in [1.807, 2.05) is 38.1 Å². The molecule has 0 radical (unpaired) electrons. The molecule has 37 heavy (non-hydrogen) atoms. The number of hydrogen-bond donors (Lipinski definition) is 3. The SMILES string of the molecule is CCNC(=O)COC(c1cccc(F)c1-c1cccc(C)c1)C1CN(C(=O)C2CC(N)C(O)C2)CCO1. The van der Waals surface area contributed by atoms with Gasteiger partial charge in [0.05, 0.1) is 12.7 Å². The van der Waals surface area contributed by atoms with Crippen molar-refractivity contribution in [1.29, 1.82) is 0 Å². The third-order valence-electron chi connectivity index (χ3n) is 7.10. The molecule has 8 nitrogen and oxygen atoms in total. The topological polar surface area (TPSA) is 114 Å². The zero-order chi connectivity index (χ0) is 26.5. The van der Waals surface area contributed by atoms with E-state index in [4.69, 9.17) is 15.2 Å². The lowest BCUT2D eigenvalue weighted by atomic mass is 9.91. The molecular weight excluding hydrogens is 477 g/mol. The molecule has 1 aliphatic heterocycles. The van der Waals surface area contributed by atoms with Crippen LogP contribution < -0.4 is 11.1 Å². The van der Waals surface area contributed by atoms with Crippen LogP contribution in [-0.4, -0.2) is 72.9 Å². The Balaban J connectivity index is 1.65. The fraction of sp³-hybridized carbons (Fsp3) is 0.500. The molecule has 1 saturated heterocycles. The highest BCUT2D eigenvalue weighted by molar-refractivity contribution is 5.79. The van der Waals surface area contributed by atoms with Gasteiger partial charge in [0.25, 0.3) is 0 Å². The highest BCUT2D eigenvalue weighted by atomic mass is 19.1. The van der Waals surface area contributed by atoms with Crippen LogP contribution in [0, 0.1) is 18.7 Å². The summed E-state index contributed by atoms with van der Waals surface area (Å²) in [6.07, 6.45) is -1.36. The van der Waals surface area contributed by atoms with Gasteiger partial charge >= 0.3 is 0 Å². The first-order valence-electron chi connectivity index (χ1n) is 12.9. The third-order valence-corrected chi connectivity index (χ3v) is 7.10. The Hall–Kier alpha value is -2.85. The first-order valence-corrected chi connectivity index (χ1v) is 12.9. The van der Waals surface area contributed by atoms with E-state index in [0.717, 1.165) is 5.56 Å². The molecular formula is C28H36FN3O5. The number of ether oxygens (including phenoxy) is 2. The molecule has 4 rings (SSSR count). The van der Waals surface area contributed by atoms with Gasteiger partial charge in [-0.25, -0.2) is 4.39 Å². The summed E-state index contributed by atoms with van der Waals surface area (Å²) in [5, 5.41) is 12.8. The van der Waals surface area contributed by atoms with Gasteiger partial charge in [0.1, 0.15) is 24.6 Å². The molecule has 2 fully saturated rings. The van der Waals surface area contributed by atoms with Crippen LogP contribution >= 0.6 is 0 Å². The monoisotopic (exact) mass is 513 g/mol. The predicted molar refractivity (Wildman–Crippen MR) is 137 cm³/mol. The van der Waals surface area contributed by atoms with E-state index in [-0.39, 0.29) is 37.5 Å². The van der Waals surface area contributed by atoms with E-state index in [1.165, 1.54) is 6.07 Å². The molecule has 0 bridgehead atoms. The van der Waals surface area contributed by atoms with Crippen LogP contribution in [0.15, 0.2) is 42.5 Å². The summed E-state index contributed by atoms with van der Waals surface area (Å²) < 4.78 is 27.5. The van der Waals surface area contributed by atoms with Crippen LogP contribution in [-0.2, 0) is 19.1 Å². The Morgan fingerprint density at radius 2 is 2.05 bits per heavy atom. The third kappa shape index (κ3) is 6.35. The normalized spacial score (nSPS) is 24.6. The lowest BCUT2D eigenvalue weighted by Gasteiger charge is -2.38. The van der Waals surface area contributed by atoms with Crippen molar-refractivity contribution in [3.05, 3.63) is 59.4 Å². The number of hydrogen-bond acceptors (Lipinski definition) is 6.